The predicted octanol–water partition coefficient (Wildman–Crippen LogP) is 4.25. The third-order valence-electron chi connectivity index (χ3n) is 10.0. The van der Waals surface area contributed by atoms with Crippen LogP contribution in [0.25, 0.3) is 11.1 Å². The van der Waals surface area contributed by atoms with Crippen molar-refractivity contribution in [2.24, 2.45) is 11.8 Å². The molecule has 274 valence electrons. The van der Waals surface area contributed by atoms with Gasteiger partial charge in [-0.25, -0.2) is 14.4 Å². The van der Waals surface area contributed by atoms with Gasteiger partial charge in [-0.15, -0.1) is 0 Å². The number of nitrogens with zero attached hydrogens (tertiary/aromatic N) is 1. The zero-order valence-electron chi connectivity index (χ0n) is 28.5. The van der Waals surface area contributed by atoms with Crippen LogP contribution in [0.2, 0.25) is 0 Å². The third-order valence-corrected chi connectivity index (χ3v) is 11.1. The van der Waals surface area contributed by atoms with Gasteiger partial charge < -0.3 is 30.0 Å². The molecule has 53 heavy (non-hydrogen) atoms. The van der Waals surface area contributed by atoms with E-state index in [-0.39, 0.29) is 67.7 Å². The number of hydrogen-bond acceptors (Lipinski definition) is 10. The van der Waals surface area contributed by atoms with Crippen LogP contribution in [0.5, 0.6) is 0 Å². The Kier molecular flexibility index (Phi) is 10.3. The SMILES string of the molecule is O=C(NCCCC(=O)SCC(NC(=O)OCC1c2ccccc2-c2ccccc21)C(=O)O)OCC12C=CC(O1)C1C(=O)N(Cc3ccccc3)C(=O)C12. The van der Waals surface area contributed by atoms with Crippen LogP contribution in [0.4, 0.5) is 9.59 Å². The first kappa shape index (κ1) is 35.9. The van der Waals surface area contributed by atoms with E-state index in [0.29, 0.717) is 0 Å². The highest BCUT2D eigenvalue weighted by Crippen LogP contribution is 2.52. The molecule has 5 unspecified atom stereocenters. The quantitative estimate of drug-likeness (QED) is 0.122. The van der Waals surface area contributed by atoms with E-state index in [1.807, 2.05) is 78.9 Å². The number of carbonyl (C=O) groups is 6. The van der Waals surface area contributed by atoms with Gasteiger partial charge in [0.2, 0.25) is 11.8 Å². The lowest BCUT2D eigenvalue weighted by Crippen LogP contribution is -2.45. The Bertz CT molecular complexity index is 1930. The Morgan fingerprint density at radius 3 is 2.26 bits per heavy atom. The molecule has 2 bridgehead atoms. The van der Waals surface area contributed by atoms with Gasteiger partial charge >= 0.3 is 18.2 Å². The molecule has 7 rings (SSSR count). The van der Waals surface area contributed by atoms with Crippen molar-refractivity contribution in [1.29, 1.82) is 0 Å². The number of alkyl carbamates (subject to hydrolysis) is 2. The van der Waals surface area contributed by atoms with Crippen LogP contribution in [0, 0.1) is 11.8 Å². The largest absolute Gasteiger partial charge is 0.480 e. The lowest BCUT2D eigenvalue weighted by molar-refractivity contribution is -0.146. The number of nitrogens with one attached hydrogen (secondary N) is 2. The number of hydrogen-bond donors (Lipinski definition) is 3. The van der Waals surface area contributed by atoms with Gasteiger partial charge in [0, 0.05) is 24.6 Å². The van der Waals surface area contributed by atoms with E-state index < -0.39 is 47.7 Å². The summed E-state index contributed by atoms with van der Waals surface area (Å²) in [4.78, 5) is 77.3. The zero-order valence-corrected chi connectivity index (χ0v) is 29.3. The van der Waals surface area contributed by atoms with Crippen LogP contribution in [0.1, 0.15) is 35.4 Å². The fourth-order valence-corrected chi connectivity index (χ4v) is 8.37. The minimum absolute atomic E-state index is 0.0190. The number of ether oxygens (including phenoxy) is 3. The number of benzene rings is 3. The number of carboxylic acids is 1. The topological polar surface area (TPSA) is 178 Å². The number of rotatable bonds is 14. The van der Waals surface area contributed by atoms with Crippen LogP contribution in [-0.4, -0.2) is 88.4 Å². The number of thioether (sulfide) groups is 1. The molecule has 14 heteroatoms. The van der Waals surface area contributed by atoms with E-state index in [4.69, 9.17) is 14.2 Å². The number of aliphatic carboxylic acids is 1. The predicted molar refractivity (Wildman–Crippen MR) is 191 cm³/mol. The van der Waals surface area contributed by atoms with Crippen molar-refractivity contribution in [3.8, 4) is 11.1 Å². The maximum atomic E-state index is 13.4. The molecule has 2 saturated heterocycles. The molecule has 3 aromatic rings. The Hall–Kier alpha value is -5.47. The van der Waals surface area contributed by atoms with Crippen LogP contribution in [0.3, 0.4) is 0 Å². The first-order valence-electron chi connectivity index (χ1n) is 17.3. The second-order valence-corrected chi connectivity index (χ2v) is 14.4. The molecule has 0 radical (unpaired) electrons. The van der Waals surface area contributed by atoms with Gasteiger partial charge in [-0.1, -0.05) is 96.7 Å². The maximum absolute atomic E-state index is 13.4. The van der Waals surface area contributed by atoms with Crippen molar-refractivity contribution in [3.63, 3.8) is 0 Å². The molecule has 5 atom stereocenters. The van der Waals surface area contributed by atoms with E-state index in [1.54, 1.807) is 12.2 Å². The van der Waals surface area contributed by atoms with Crippen molar-refractivity contribution in [2.75, 3.05) is 25.5 Å². The average molecular weight is 740 g/mol. The first-order chi connectivity index (χ1) is 25.6. The Balaban J connectivity index is 0.813. The Labute approximate surface area is 309 Å². The number of carbonyl (C=O) groups excluding carboxylic acids is 5. The molecule has 0 saturated carbocycles. The molecule has 0 spiro atoms. The molecule has 3 N–H and O–H groups in total. The molecule has 4 amide bonds. The normalized spacial score (nSPS) is 22.6. The van der Waals surface area contributed by atoms with Gasteiger partial charge in [0.25, 0.3) is 0 Å². The molecular formula is C39H37N3O10S. The van der Waals surface area contributed by atoms with Gasteiger partial charge in [-0.05, 0) is 40.3 Å². The monoisotopic (exact) mass is 739 g/mol. The Morgan fingerprint density at radius 2 is 1.57 bits per heavy atom. The van der Waals surface area contributed by atoms with Gasteiger partial charge in [0.05, 0.1) is 24.5 Å². The second kappa shape index (κ2) is 15.2. The number of amides is 4. The molecule has 3 aromatic carbocycles. The summed E-state index contributed by atoms with van der Waals surface area (Å²) < 4.78 is 16.9. The summed E-state index contributed by atoms with van der Waals surface area (Å²) >= 11 is 0.761. The van der Waals surface area contributed by atoms with Crippen LogP contribution in [-0.2, 0) is 39.9 Å². The van der Waals surface area contributed by atoms with Gasteiger partial charge in [-0.3, -0.25) is 19.3 Å². The number of imide groups is 1. The summed E-state index contributed by atoms with van der Waals surface area (Å²) in [5, 5.41) is 14.2. The molecule has 4 aliphatic rings. The Morgan fingerprint density at radius 1 is 0.887 bits per heavy atom. The van der Waals surface area contributed by atoms with E-state index >= 15 is 0 Å². The van der Waals surface area contributed by atoms with E-state index in [0.717, 1.165) is 39.6 Å². The van der Waals surface area contributed by atoms with Crippen molar-refractivity contribution in [3.05, 3.63) is 108 Å². The van der Waals surface area contributed by atoms with Gasteiger partial charge in [-0.2, -0.15) is 0 Å². The minimum Gasteiger partial charge on any atom is -0.480 e. The summed E-state index contributed by atoms with van der Waals surface area (Å²) in [6.45, 7) is -0.0106. The van der Waals surface area contributed by atoms with E-state index in [1.165, 1.54) is 4.90 Å². The van der Waals surface area contributed by atoms with Crippen molar-refractivity contribution < 1.29 is 48.1 Å². The molecular weight excluding hydrogens is 703 g/mol. The molecule has 2 fully saturated rings. The summed E-state index contributed by atoms with van der Waals surface area (Å²) in [6, 6.07) is 23.5. The van der Waals surface area contributed by atoms with Gasteiger partial charge in [0.1, 0.15) is 24.9 Å². The molecule has 13 nitrogen and oxygen atoms in total. The average Bonchev–Trinajstić information content (AvgIpc) is 3.89. The van der Waals surface area contributed by atoms with Crippen LogP contribution < -0.4 is 10.6 Å². The van der Waals surface area contributed by atoms with Crippen LogP contribution >= 0.6 is 11.8 Å². The smallest absolute Gasteiger partial charge is 0.407 e. The molecule has 3 heterocycles. The molecule has 1 aliphatic carbocycles. The first-order valence-corrected chi connectivity index (χ1v) is 18.3. The van der Waals surface area contributed by atoms with E-state index in [2.05, 4.69) is 10.6 Å². The maximum Gasteiger partial charge on any atom is 0.407 e. The fraction of sp³-hybridized carbons (Fsp3) is 0.333. The fourth-order valence-electron chi connectivity index (χ4n) is 7.51. The lowest BCUT2D eigenvalue weighted by Gasteiger charge is -2.28. The molecule has 0 aromatic heterocycles. The number of likely N-dealkylation sites (tertiary alicyclic amines) is 1. The summed E-state index contributed by atoms with van der Waals surface area (Å²) in [5.74, 6) is -3.87. The minimum atomic E-state index is -1.36. The van der Waals surface area contributed by atoms with Gasteiger partial charge in [0.15, 0.2) is 5.12 Å². The third kappa shape index (κ3) is 7.29. The van der Waals surface area contributed by atoms with Crippen LogP contribution in [0.15, 0.2) is 91.0 Å². The second-order valence-electron chi connectivity index (χ2n) is 13.3. The van der Waals surface area contributed by atoms with Crippen molar-refractivity contribution in [1.82, 2.24) is 15.5 Å². The summed E-state index contributed by atoms with van der Waals surface area (Å²) in [7, 11) is 0. The highest BCUT2D eigenvalue weighted by atomic mass is 32.2. The highest BCUT2D eigenvalue weighted by Gasteiger charge is 2.68. The summed E-state index contributed by atoms with van der Waals surface area (Å²) in [5.41, 5.74) is 3.75. The zero-order chi connectivity index (χ0) is 37.1. The molecule has 3 aliphatic heterocycles. The standard InChI is InChI=1S/C39H37N3O10S/c43-31(53-21-29(36(46)47)41-38(49)50-20-28-26-13-6-4-11-24(26)25-12-5-7-14-27(25)28)15-8-18-40-37(48)51-22-39-17-16-30(52-39)32-33(39)35(45)42(34(32)44)19-23-9-2-1-3-10-23/h1-7,9-14,16-17,28-30,32-33H,8,15,18-22H2,(H,40,48)(H,41,49)(H,46,47). The highest BCUT2D eigenvalue weighted by molar-refractivity contribution is 8.13. The van der Waals surface area contributed by atoms with Crippen molar-refractivity contribution >= 4 is 46.8 Å². The lowest BCUT2D eigenvalue weighted by atomic mass is 9.77. The number of fused-ring (bicyclic) bond motifs is 8. The summed E-state index contributed by atoms with van der Waals surface area (Å²) in [6.07, 6.45) is 1.43. The van der Waals surface area contributed by atoms with Crippen molar-refractivity contribution in [2.45, 2.75) is 43.1 Å². The van der Waals surface area contributed by atoms with E-state index in [9.17, 15) is 33.9 Å². The number of carboxylic acid groups (broad SMARTS) is 1.